The molecule has 2 aromatic carbocycles. The third-order valence-corrected chi connectivity index (χ3v) is 6.27. The SMILES string of the molecule is CCCc1ccc([C@H](NS(=O)(=O)c2ccc3[nH]c(=O)c(=O)[nH]c3c2)C(C)C)cc1. The first-order valence-electron chi connectivity index (χ1n) is 9.59. The Bertz CT molecular complexity index is 1230. The Morgan fingerprint density at radius 1 is 0.931 bits per heavy atom. The zero-order chi connectivity index (χ0) is 21.2. The number of aromatic amines is 2. The number of sulfonamides is 1. The van der Waals surface area contributed by atoms with Gasteiger partial charge in [0.2, 0.25) is 10.0 Å². The molecule has 7 nitrogen and oxygen atoms in total. The monoisotopic (exact) mass is 415 g/mol. The summed E-state index contributed by atoms with van der Waals surface area (Å²) in [6.07, 6.45) is 2.03. The van der Waals surface area contributed by atoms with Gasteiger partial charge in [-0.05, 0) is 41.7 Å². The Morgan fingerprint density at radius 2 is 1.55 bits per heavy atom. The van der Waals surface area contributed by atoms with Crippen LogP contribution in [0.25, 0.3) is 11.0 Å². The van der Waals surface area contributed by atoms with Crippen LogP contribution in [0.2, 0.25) is 0 Å². The lowest BCUT2D eigenvalue weighted by Crippen LogP contribution is -2.32. The Balaban J connectivity index is 1.94. The van der Waals surface area contributed by atoms with Crippen LogP contribution in [0.3, 0.4) is 0 Å². The van der Waals surface area contributed by atoms with Gasteiger partial charge in [0, 0.05) is 6.04 Å². The number of nitrogens with one attached hydrogen (secondary N) is 3. The number of rotatable bonds is 7. The summed E-state index contributed by atoms with van der Waals surface area (Å²) >= 11 is 0. The Kier molecular flexibility index (Phi) is 6.04. The number of H-pyrrole nitrogens is 2. The molecule has 0 spiro atoms. The molecule has 0 aliphatic carbocycles. The smallest absolute Gasteiger partial charge is 0.314 e. The number of fused-ring (bicyclic) bond motifs is 1. The van der Waals surface area contributed by atoms with E-state index in [2.05, 4.69) is 21.6 Å². The van der Waals surface area contributed by atoms with Crippen molar-refractivity contribution in [1.82, 2.24) is 14.7 Å². The minimum atomic E-state index is -3.85. The van der Waals surface area contributed by atoms with Gasteiger partial charge in [-0.3, -0.25) is 9.59 Å². The van der Waals surface area contributed by atoms with Crippen LogP contribution in [0.1, 0.15) is 44.4 Å². The van der Waals surface area contributed by atoms with Crippen LogP contribution in [-0.2, 0) is 16.4 Å². The maximum atomic E-state index is 13.0. The van der Waals surface area contributed by atoms with Gasteiger partial charge in [0.15, 0.2) is 0 Å². The molecule has 1 atom stereocenters. The second kappa shape index (κ2) is 8.34. The Hall–Kier alpha value is -2.71. The molecule has 1 aromatic heterocycles. The second-order valence-electron chi connectivity index (χ2n) is 7.45. The summed E-state index contributed by atoms with van der Waals surface area (Å²) in [5.74, 6) is 0.0263. The molecule has 0 fully saturated rings. The highest BCUT2D eigenvalue weighted by Crippen LogP contribution is 2.25. The highest BCUT2D eigenvalue weighted by atomic mass is 32.2. The minimum Gasteiger partial charge on any atom is -0.316 e. The Morgan fingerprint density at radius 3 is 2.14 bits per heavy atom. The van der Waals surface area contributed by atoms with Crippen LogP contribution in [-0.4, -0.2) is 18.4 Å². The van der Waals surface area contributed by atoms with Crippen molar-refractivity contribution in [2.45, 2.75) is 44.6 Å². The summed E-state index contributed by atoms with van der Waals surface area (Å²) < 4.78 is 28.8. The third kappa shape index (κ3) is 4.65. The van der Waals surface area contributed by atoms with Crippen LogP contribution < -0.4 is 15.8 Å². The zero-order valence-corrected chi connectivity index (χ0v) is 17.5. The Labute approximate surface area is 169 Å². The van der Waals surface area contributed by atoms with Crippen molar-refractivity contribution in [2.75, 3.05) is 0 Å². The van der Waals surface area contributed by atoms with Crippen LogP contribution in [0.15, 0.2) is 56.9 Å². The maximum absolute atomic E-state index is 13.0. The number of aryl methyl sites for hydroxylation is 1. The summed E-state index contributed by atoms with van der Waals surface area (Å²) in [7, 11) is -3.85. The predicted octanol–water partition coefficient (Wildman–Crippen LogP) is 2.84. The van der Waals surface area contributed by atoms with Crippen LogP contribution in [0.5, 0.6) is 0 Å². The topological polar surface area (TPSA) is 112 Å². The van der Waals surface area contributed by atoms with E-state index in [-0.39, 0.29) is 16.3 Å². The van der Waals surface area contributed by atoms with E-state index >= 15 is 0 Å². The normalized spacial score (nSPS) is 13.1. The van der Waals surface area contributed by atoms with E-state index in [1.807, 2.05) is 38.1 Å². The molecule has 0 aliphatic rings. The summed E-state index contributed by atoms with van der Waals surface area (Å²) in [6.45, 7) is 6.02. The quantitative estimate of drug-likeness (QED) is 0.515. The standard InChI is InChI=1S/C21H25N3O4S/c1-4-5-14-6-8-15(9-7-14)19(13(2)3)24-29(27,28)16-10-11-17-18(12-16)23-21(26)20(25)22-17/h6-13,19,24H,4-5H2,1-3H3,(H,22,25)(H,23,26)/t19-/m1/s1. The van der Waals surface area contributed by atoms with Gasteiger partial charge in [-0.25, -0.2) is 13.1 Å². The van der Waals surface area contributed by atoms with Crippen molar-refractivity contribution in [2.24, 2.45) is 5.92 Å². The molecule has 0 saturated carbocycles. The minimum absolute atomic E-state index is 0.0148. The van der Waals surface area contributed by atoms with Crippen molar-refractivity contribution in [3.8, 4) is 0 Å². The van der Waals surface area contributed by atoms with Gasteiger partial charge in [-0.1, -0.05) is 51.5 Å². The zero-order valence-electron chi connectivity index (χ0n) is 16.7. The van der Waals surface area contributed by atoms with Crippen molar-refractivity contribution in [3.63, 3.8) is 0 Å². The molecule has 3 N–H and O–H groups in total. The lowest BCUT2D eigenvalue weighted by atomic mass is 9.95. The fourth-order valence-corrected chi connectivity index (χ4v) is 4.66. The first-order valence-corrected chi connectivity index (χ1v) is 11.1. The van der Waals surface area contributed by atoms with Gasteiger partial charge in [-0.2, -0.15) is 0 Å². The highest BCUT2D eigenvalue weighted by molar-refractivity contribution is 7.89. The lowest BCUT2D eigenvalue weighted by Gasteiger charge is -2.23. The van der Waals surface area contributed by atoms with Gasteiger partial charge in [0.25, 0.3) is 0 Å². The van der Waals surface area contributed by atoms with Crippen molar-refractivity contribution in [1.29, 1.82) is 0 Å². The van der Waals surface area contributed by atoms with E-state index < -0.39 is 27.2 Å². The summed E-state index contributed by atoms with van der Waals surface area (Å²) in [6, 6.07) is 11.8. The first-order chi connectivity index (χ1) is 13.7. The fraction of sp³-hybridized carbons (Fsp3) is 0.333. The molecular formula is C21H25N3O4S. The van der Waals surface area contributed by atoms with Crippen molar-refractivity contribution in [3.05, 3.63) is 74.3 Å². The first kappa shape index (κ1) is 21.0. The molecule has 0 aliphatic heterocycles. The van der Waals surface area contributed by atoms with E-state index in [0.29, 0.717) is 5.52 Å². The highest BCUT2D eigenvalue weighted by Gasteiger charge is 2.24. The number of hydrogen-bond donors (Lipinski definition) is 3. The molecule has 3 aromatic rings. The molecule has 0 radical (unpaired) electrons. The number of benzene rings is 2. The molecule has 0 saturated heterocycles. The largest absolute Gasteiger partial charge is 0.316 e. The summed E-state index contributed by atoms with van der Waals surface area (Å²) in [5, 5.41) is 0. The van der Waals surface area contributed by atoms with Gasteiger partial charge < -0.3 is 9.97 Å². The molecule has 29 heavy (non-hydrogen) atoms. The van der Waals surface area contributed by atoms with E-state index in [0.717, 1.165) is 18.4 Å². The van der Waals surface area contributed by atoms with E-state index in [1.165, 1.54) is 23.8 Å². The van der Waals surface area contributed by atoms with Gasteiger partial charge >= 0.3 is 11.1 Å². The van der Waals surface area contributed by atoms with Crippen molar-refractivity contribution >= 4 is 21.1 Å². The predicted molar refractivity (Wildman–Crippen MR) is 114 cm³/mol. The van der Waals surface area contributed by atoms with Crippen LogP contribution in [0, 0.1) is 5.92 Å². The molecule has 0 unspecified atom stereocenters. The molecule has 1 heterocycles. The number of hydrogen-bond acceptors (Lipinski definition) is 4. The van der Waals surface area contributed by atoms with Crippen LogP contribution >= 0.6 is 0 Å². The molecule has 3 rings (SSSR count). The second-order valence-corrected chi connectivity index (χ2v) is 9.16. The van der Waals surface area contributed by atoms with E-state index in [1.54, 1.807) is 0 Å². The third-order valence-electron chi connectivity index (χ3n) is 4.83. The molecule has 0 bridgehead atoms. The maximum Gasteiger partial charge on any atom is 0.314 e. The summed E-state index contributed by atoms with van der Waals surface area (Å²) in [5.41, 5.74) is 1.11. The lowest BCUT2D eigenvalue weighted by molar-refractivity contribution is 0.463. The average molecular weight is 416 g/mol. The van der Waals surface area contributed by atoms with Gasteiger partial charge in [0.05, 0.1) is 15.9 Å². The molecule has 0 amide bonds. The van der Waals surface area contributed by atoms with E-state index in [9.17, 15) is 18.0 Å². The van der Waals surface area contributed by atoms with Gasteiger partial charge in [-0.15, -0.1) is 0 Å². The summed E-state index contributed by atoms with van der Waals surface area (Å²) in [4.78, 5) is 27.8. The van der Waals surface area contributed by atoms with Crippen LogP contribution in [0.4, 0.5) is 0 Å². The van der Waals surface area contributed by atoms with E-state index in [4.69, 9.17) is 0 Å². The number of aromatic nitrogens is 2. The average Bonchev–Trinajstić information content (AvgIpc) is 2.67. The fourth-order valence-electron chi connectivity index (χ4n) is 3.27. The van der Waals surface area contributed by atoms with Gasteiger partial charge in [0.1, 0.15) is 0 Å². The molecule has 154 valence electrons. The molecular weight excluding hydrogens is 390 g/mol. The molecule has 8 heteroatoms. The van der Waals surface area contributed by atoms with Crippen molar-refractivity contribution < 1.29 is 8.42 Å².